The fraction of sp³-hybridized carbons (Fsp3) is 0.700. The molecule has 1 rings (SSSR count). The molecule has 0 N–H and O–H groups in total. The summed E-state index contributed by atoms with van der Waals surface area (Å²) in [7, 11) is -3.00. The summed E-state index contributed by atoms with van der Waals surface area (Å²) in [4.78, 5) is 1.31. The molecule has 1 aromatic carbocycles. The molecule has 0 spiro atoms. The van der Waals surface area contributed by atoms with E-state index >= 15 is 0 Å². The highest BCUT2D eigenvalue weighted by atomic mass is 35.6. The van der Waals surface area contributed by atoms with Crippen LogP contribution in [0.25, 0.3) is 0 Å². The van der Waals surface area contributed by atoms with E-state index in [4.69, 9.17) is 15.5 Å². The Bertz CT molecular complexity index is 496. The molecule has 0 atom stereocenters. The van der Waals surface area contributed by atoms with Crippen molar-refractivity contribution < 1.29 is 4.43 Å². The first-order chi connectivity index (χ1) is 11.0. The van der Waals surface area contributed by atoms with Gasteiger partial charge in [0.05, 0.1) is 6.61 Å². The Morgan fingerprint density at radius 2 is 1.28 bits per heavy atom. The molecule has 0 aliphatic carbocycles. The molecule has 0 unspecified atom stereocenters. The van der Waals surface area contributed by atoms with Crippen LogP contribution in [0.3, 0.4) is 0 Å². The summed E-state index contributed by atoms with van der Waals surface area (Å²) < 4.78 is 6.19. The highest BCUT2D eigenvalue weighted by Gasteiger charge is 2.37. The summed E-state index contributed by atoms with van der Waals surface area (Å²) in [5, 5.41) is 0.626. The summed E-state index contributed by atoms with van der Waals surface area (Å²) in [6.45, 7) is 23.1. The van der Waals surface area contributed by atoms with Gasteiger partial charge in [-0.2, -0.15) is 11.1 Å². The number of benzene rings is 1. The summed E-state index contributed by atoms with van der Waals surface area (Å²) in [5.74, 6) is 0. The highest BCUT2D eigenvalue weighted by Crippen LogP contribution is 2.38. The van der Waals surface area contributed by atoms with Gasteiger partial charge in [0.15, 0.2) is 15.7 Å². The van der Waals surface area contributed by atoms with Gasteiger partial charge in [0.25, 0.3) is 0 Å². The van der Waals surface area contributed by atoms with Crippen molar-refractivity contribution in [3.63, 3.8) is 0 Å². The molecule has 0 aromatic heterocycles. The number of thioether (sulfide) groups is 1. The second kappa shape index (κ2) is 9.45. The lowest BCUT2D eigenvalue weighted by Crippen LogP contribution is -2.40. The quantitative estimate of drug-likeness (QED) is 0.277. The second-order valence-electron chi connectivity index (χ2n) is 9.62. The molecule has 0 bridgehead atoms. The maximum Gasteiger partial charge on any atom is 0.192 e. The van der Waals surface area contributed by atoms with E-state index in [-0.39, 0.29) is 5.04 Å². The van der Waals surface area contributed by atoms with Crippen LogP contribution in [0.15, 0.2) is 29.2 Å². The summed E-state index contributed by atoms with van der Waals surface area (Å²) in [6, 6.07) is 8.65. The number of rotatable bonds is 4. The standard InChI is InChI=1S/C14H24OSSi.C6H15ClSi/c1-14(2,3)17(5,6)15-11-12-7-9-13(16-4)10-8-12;1-6(2,3)8(4,5)7/h7-10H,11H2,1-6H3;1-5H3. The molecule has 0 radical (unpaired) electrons. The molecule has 0 saturated carbocycles. The Morgan fingerprint density at radius 1 is 0.880 bits per heavy atom. The van der Waals surface area contributed by atoms with Crippen molar-refractivity contribution in [2.24, 2.45) is 0 Å². The van der Waals surface area contributed by atoms with Crippen molar-refractivity contribution in [1.82, 2.24) is 0 Å². The van der Waals surface area contributed by atoms with E-state index in [2.05, 4.69) is 98.3 Å². The molecule has 25 heavy (non-hydrogen) atoms. The molecule has 0 fully saturated rings. The largest absolute Gasteiger partial charge is 0.413 e. The van der Waals surface area contributed by atoms with Crippen molar-refractivity contribution in [2.75, 3.05) is 6.26 Å². The zero-order chi connectivity index (χ0) is 20.1. The van der Waals surface area contributed by atoms with Gasteiger partial charge < -0.3 is 4.43 Å². The van der Waals surface area contributed by atoms with Gasteiger partial charge in [-0.25, -0.2) is 0 Å². The summed E-state index contributed by atoms with van der Waals surface area (Å²) in [6.07, 6.45) is 2.10. The van der Waals surface area contributed by atoms with E-state index in [0.717, 1.165) is 6.61 Å². The van der Waals surface area contributed by atoms with Gasteiger partial charge in [-0.1, -0.05) is 66.8 Å². The molecule has 0 aliphatic heterocycles. The van der Waals surface area contributed by atoms with Crippen LogP contribution in [0.5, 0.6) is 0 Å². The lowest BCUT2D eigenvalue weighted by Gasteiger charge is -2.36. The van der Waals surface area contributed by atoms with Gasteiger partial charge in [0.2, 0.25) is 0 Å². The van der Waals surface area contributed by atoms with E-state index in [9.17, 15) is 0 Å². The van der Waals surface area contributed by atoms with Crippen LogP contribution in [0.4, 0.5) is 0 Å². The highest BCUT2D eigenvalue weighted by molar-refractivity contribution is 7.98. The fourth-order valence-electron chi connectivity index (χ4n) is 1.20. The molecular weight excluding hydrogens is 380 g/mol. The third kappa shape index (κ3) is 9.14. The van der Waals surface area contributed by atoms with Crippen LogP contribution in [0.2, 0.25) is 36.3 Å². The van der Waals surface area contributed by atoms with Gasteiger partial charge in [-0.15, -0.1) is 11.8 Å². The van der Waals surface area contributed by atoms with E-state index in [1.165, 1.54) is 10.5 Å². The maximum atomic E-state index is 6.19. The molecule has 0 aliphatic rings. The number of hydrogen-bond acceptors (Lipinski definition) is 2. The van der Waals surface area contributed by atoms with Gasteiger partial charge in [-0.05, 0) is 47.1 Å². The van der Waals surface area contributed by atoms with Crippen molar-refractivity contribution in [3.8, 4) is 0 Å². The Morgan fingerprint density at radius 3 is 1.56 bits per heavy atom. The summed E-state index contributed by atoms with van der Waals surface area (Å²) >= 11 is 7.92. The van der Waals surface area contributed by atoms with Crippen LogP contribution in [-0.4, -0.2) is 22.0 Å². The first-order valence-electron chi connectivity index (χ1n) is 8.97. The Kier molecular flexibility index (Phi) is 9.55. The van der Waals surface area contributed by atoms with E-state index in [0.29, 0.717) is 5.04 Å². The first kappa shape index (κ1) is 25.3. The molecular formula is C20H39ClOSSi2. The zero-order valence-electron chi connectivity index (χ0n) is 18.2. The predicted molar refractivity (Wildman–Crippen MR) is 123 cm³/mol. The minimum absolute atomic E-state index is 0.284. The van der Waals surface area contributed by atoms with Gasteiger partial charge in [0.1, 0.15) is 0 Å². The van der Waals surface area contributed by atoms with Crippen LogP contribution in [0, 0.1) is 0 Å². The van der Waals surface area contributed by atoms with Gasteiger partial charge in [0, 0.05) is 4.90 Å². The second-order valence-corrected chi connectivity index (χ2v) is 22.6. The smallest absolute Gasteiger partial charge is 0.192 e. The van der Waals surface area contributed by atoms with Crippen molar-refractivity contribution in [2.45, 2.75) is 89.3 Å². The molecule has 1 aromatic rings. The van der Waals surface area contributed by atoms with Crippen LogP contribution >= 0.6 is 22.8 Å². The Balaban J connectivity index is 0.000000609. The fourth-order valence-corrected chi connectivity index (χ4v) is 2.57. The molecule has 1 nitrogen and oxygen atoms in total. The lowest BCUT2D eigenvalue weighted by atomic mass is 10.2. The minimum Gasteiger partial charge on any atom is -0.413 e. The SMILES string of the molecule is CC(C)(C)[Si](C)(C)Cl.CSc1ccc(CO[Si](C)(C)C(C)(C)C)cc1. The van der Waals surface area contributed by atoms with Crippen LogP contribution in [-0.2, 0) is 11.0 Å². The Hall–Kier alpha value is 0.254. The Labute approximate surface area is 168 Å². The normalized spacial score (nSPS) is 13.3. The minimum atomic E-state index is -1.61. The molecule has 0 saturated heterocycles. The first-order valence-corrected chi connectivity index (χ1v) is 17.1. The van der Waals surface area contributed by atoms with Crippen molar-refractivity contribution in [1.29, 1.82) is 0 Å². The lowest BCUT2D eigenvalue weighted by molar-refractivity contribution is 0.276. The maximum absolute atomic E-state index is 6.19. The van der Waals surface area contributed by atoms with Gasteiger partial charge >= 0.3 is 0 Å². The summed E-state index contributed by atoms with van der Waals surface area (Å²) in [5.41, 5.74) is 1.27. The average Bonchev–Trinajstić information content (AvgIpc) is 2.43. The average molecular weight is 419 g/mol. The van der Waals surface area contributed by atoms with Crippen LogP contribution < -0.4 is 0 Å². The van der Waals surface area contributed by atoms with E-state index in [1.54, 1.807) is 11.8 Å². The zero-order valence-corrected chi connectivity index (χ0v) is 21.8. The molecule has 5 heteroatoms. The van der Waals surface area contributed by atoms with Crippen LogP contribution in [0.1, 0.15) is 47.1 Å². The third-order valence-electron chi connectivity index (χ3n) is 5.35. The van der Waals surface area contributed by atoms with E-state index in [1.807, 2.05) is 0 Å². The topological polar surface area (TPSA) is 9.23 Å². The molecule has 0 amide bonds. The van der Waals surface area contributed by atoms with Crippen molar-refractivity contribution >= 4 is 38.5 Å². The van der Waals surface area contributed by atoms with E-state index < -0.39 is 15.7 Å². The molecule has 146 valence electrons. The number of halogens is 1. The van der Waals surface area contributed by atoms with Crippen molar-refractivity contribution in [3.05, 3.63) is 29.8 Å². The van der Waals surface area contributed by atoms with Gasteiger partial charge in [-0.3, -0.25) is 0 Å². The number of hydrogen-bond donors (Lipinski definition) is 0. The predicted octanol–water partition coefficient (Wildman–Crippen LogP) is 8.16. The molecule has 0 heterocycles. The third-order valence-corrected chi connectivity index (χ3v) is 15.8. The monoisotopic (exact) mass is 418 g/mol.